The van der Waals surface area contributed by atoms with E-state index in [9.17, 15) is 23.1 Å². The van der Waals surface area contributed by atoms with Crippen LogP contribution in [0.1, 0.15) is 22.2 Å². The lowest BCUT2D eigenvalue weighted by Gasteiger charge is -2.19. The number of halogens is 3. The van der Waals surface area contributed by atoms with Gasteiger partial charge in [0.2, 0.25) is 5.88 Å². The molecule has 0 radical (unpaired) electrons. The number of nitrogens with one attached hydrogen (secondary N) is 2. The van der Waals surface area contributed by atoms with Crippen LogP contribution in [0.2, 0.25) is 0 Å². The lowest BCUT2D eigenvalue weighted by molar-refractivity contribution is -0.158. The summed E-state index contributed by atoms with van der Waals surface area (Å²) in [5.74, 6) is -0.698. The van der Waals surface area contributed by atoms with Gasteiger partial charge in [0, 0.05) is 17.3 Å². The topological polar surface area (TPSA) is 113 Å². The summed E-state index contributed by atoms with van der Waals surface area (Å²) in [7, 11) is 1.51. The van der Waals surface area contributed by atoms with E-state index in [4.69, 9.17) is 9.15 Å². The number of rotatable bonds is 6. The molecule has 3 aromatic heterocycles. The summed E-state index contributed by atoms with van der Waals surface area (Å²) in [5.41, 5.74) is 2.63. The second kappa shape index (κ2) is 9.34. The Labute approximate surface area is 207 Å². The first-order valence-corrected chi connectivity index (χ1v) is 11.0. The summed E-state index contributed by atoms with van der Waals surface area (Å²) in [4.78, 5) is 24.4. The molecule has 1 unspecified atom stereocenters. The van der Waals surface area contributed by atoms with Crippen molar-refractivity contribution in [2.24, 2.45) is 0 Å². The molecule has 0 saturated carbocycles. The number of phenolic OH excluding ortho intramolecular Hbond substituents is 1. The highest BCUT2D eigenvalue weighted by Gasteiger charge is 2.44. The molecule has 5 rings (SSSR count). The summed E-state index contributed by atoms with van der Waals surface area (Å²) >= 11 is 0. The molecule has 1 amide bonds. The second-order valence-corrected chi connectivity index (χ2v) is 8.07. The molecule has 0 saturated heterocycles. The van der Waals surface area contributed by atoms with Gasteiger partial charge in [-0.15, -0.1) is 0 Å². The standard InChI is InChI=1S/C26H19F3N4O4/c1-36-25-16(4-2-10-30-25)14-7-9-20(34)17(12-14)23-31-18-8-6-15(13-19(18)32-23)24(35)33-22(26(27,28)29)21-5-3-11-37-21/h2-13,22,34H,1H3,(H,31,32)(H,33,35). The van der Waals surface area contributed by atoms with E-state index >= 15 is 0 Å². The highest BCUT2D eigenvalue weighted by Crippen LogP contribution is 2.36. The van der Waals surface area contributed by atoms with Crippen LogP contribution in [-0.2, 0) is 0 Å². The zero-order valence-corrected chi connectivity index (χ0v) is 19.2. The predicted molar refractivity (Wildman–Crippen MR) is 128 cm³/mol. The van der Waals surface area contributed by atoms with E-state index in [2.05, 4.69) is 15.0 Å². The van der Waals surface area contributed by atoms with Crippen LogP contribution in [-0.4, -0.2) is 39.3 Å². The zero-order chi connectivity index (χ0) is 26.2. The summed E-state index contributed by atoms with van der Waals surface area (Å²) in [5, 5.41) is 12.5. The van der Waals surface area contributed by atoms with Crippen molar-refractivity contribution in [2.45, 2.75) is 12.2 Å². The number of carbonyl (C=O) groups is 1. The largest absolute Gasteiger partial charge is 0.507 e. The zero-order valence-electron chi connectivity index (χ0n) is 19.2. The first kappa shape index (κ1) is 23.9. The van der Waals surface area contributed by atoms with Gasteiger partial charge in [-0.1, -0.05) is 6.07 Å². The minimum absolute atomic E-state index is 0.0124. The number of furan rings is 1. The molecule has 0 fully saturated rings. The van der Waals surface area contributed by atoms with E-state index in [1.165, 1.54) is 37.4 Å². The minimum atomic E-state index is -4.75. The SMILES string of the molecule is COc1ncccc1-c1ccc(O)c(-c2nc3ccc(C(=O)NC(c4ccco4)C(F)(F)F)cc3[nH]2)c1. The number of H-pyrrole nitrogens is 1. The average molecular weight is 508 g/mol. The normalized spacial score (nSPS) is 12.4. The molecule has 188 valence electrons. The number of hydrogen-bond acceptors (Lipinski definition) is 6. The Morgan fingerprint density at radius 2 is 1.95 bits per heavy atom. The van der Waals surface area contributed by atoms with Gasteiger partial charge in [-0.3, -0.25) is 4.79 Å². The number of amides is 1. The number of nitrogens with zero attached hydrogens (tertiary/aromatic N) is 2. The maximum Gasteiger partial charge on any atom is 0.415 e. The number of benzene rings is 2. The number of imidazole rings is 1. The fourth-order valence-corrected chi connectivity index (χ4v) is 3.93. The van der Waals surface area contributed by atoms with Gasteiger partial charge in [-0.25, -0.2) is 9.97 Å². The highest BCUT2D eigenvalue weighted by molar-refractivity contribution is 5.98. The fraction of sp³-hybridized carbons (Fsp3) is 0.115. The number of aromatic hydroxyl groups is 1. The average Bonchev–Trinajstić information content (AvgIpc) is 3.56. The molecular formula is C26H19F3N4O4. The van der Waals surface area contributed by atoms with Gasteiger partial charge in [0.15, 0.2) is 6.04 Å². The van der Waals surface area contributed by atoms with Crippen LogP contribution in [0.5, 0.6) is 11.6 Å². The number of aromatic amines is 1. The van der Waals surface area contributed by atoms with Crippen LogP contribution >= 0.6 is 0 Å². The lowest BCUT2D eigenvalue weighted by atomic mass is 10.0. The number of alkyl halides is 3. The Morgan fingerprint density at radius 1 is 1.11 bits per heavy atom. The lowest BCUT2D eigenvalue weighted by Crippen LogP contribution is -2.37. The molecule has 0 spiro atoms. The number of fused-ring (bicyclic) bond motifs is 1. The Morgan fingerprint density at radius 3 is 2.68 bits per heavy atom. The van der Waals surface area contributed by atoms with Gasteiger partial charge >= 0.3 is 6.18 Å². The quantitative estimate of drug-likeness (QED) is 0.274. The number of carbonyl (C=O) groups excluding carboxylic acids is 1. The molecule has 5 aromatic rings. The molecular weight excluding hydrogens is 489 g/mol. The van der Waals surface area contributed by atoms with Crippen molar-refractivity contribution in [3.63, 3.8) is 0 Å². The van der Waals surface area contributed by atoms with E-state index in [1.54, 1.807) is 24.4 Å². The first-order chi connectivity index (χ1) is 17.7. The summed E-state index contributed by atoms with van der Waals surface area (Å²) < 4.78 is 50.7. The Hall–Kier alpha value is -4.80. The highest BCUT2D eigenvalue weighted by atomic mass is 19.4. The fourth-order valence-electron chi connectivity index (χ4n) is 3.93. The number of hydrogen-bond donors (Lipinski definition) is 3. The molecule has 1 atom stereocenters. The molecule has 0 bridgehead atoms. The van der Waals surface area contributed by atoms with Crippen molar-refractivity contribution < 1.29 is 32.2 Å². The molecule has 8 nitrogen and oxygen atoms in total. The predicted octanol–water partition coefficient (Wildman–Crippen LogP) is 5.63. The molecule has 3 heterocycles. The van der Waals surface area contributed by atoms with Crippen molar-refractivity contribution in [3.05, 3.63) is 84.4 Å². The van der Waals surface area contributed by atoms with Crippen LogP contribution in [0.25, 0.3) is 33.5 Å². The molecule has 37 heavy (non-hydrogen) atoms. The maximum absolute atomic E-state index is 13.5. The van der Waals surface area contributed by atoms with Crippen molar-refractivity contribution in [3.8, 4) is 34.1 Å². The van der Waals surface area contributed by atoms with Crippen molar-refractivity contribution in [2.75, 3.05) is 7.11 Å². The Balaban J connectivity index is 1.47. The number of aromatic nitrogens is 3. The second-order valence-electron chi connectivity index (χ2n) is 8.07. The van der Waals surface area contributed by atoms with Gasteiger partial charge in [0.25, 0.3) is 5.91 Å². The van der Waals surface area contributed by atoms with Crippen LogP contribution in [0.4, 0.5) is 13.2 Å². The number of methoxy groups -OCH3 is 1. The molecule has 0 aliphatic heterocycles. The summed E-state index contributed by atoms with van der Waals surface area (Å²) in [6.07, 6.45) is -2.05. The molecule has 0 aliphatic rings. The number of ether oxygens (including phenoxy) is 1. The van der Waals surface area contributed by atoms with Crippen molar-refractivity contribution in [1.82, 2.24) is 20.3 Å². The number of phenols is 1. The smallest absolute Gasteiger partial charge is 0.415 e. The van der Waals surface area contributed by atoms with Gasteiger partial charge < -0.3 is 24.6 Å². The monoisotopic (exact) mass is 508 g/mol. The minimum Gasteiger partial charge on any atom is -0.507 e. The van der Waals surface area contributed by atoms with Crippen LogP contribution in [0.3, 0.4) is 0 Å². The Bertz CT molecular complexity index is 1580. The van der Waals surface area contributed by atoms with E-state index in [1.807, 2.05) is 11.4 Å². The van der Waals surface area contributed by atoms with E-state index < -0.39 is 23.9 Å². The van der Waals surface area contributed by atoms with Gasteiger partial charge in [-0.2, -0.15) is 13.2 Å². The maximum atomic E-state index is 13.5. The van der Waals surface area contributed by atoms with Crippen LogP contribution in [0.15, 0.2) is 77.5 Å². The van der Waals surface area contributed by atoms with E-state index in [0.29, 0.717) is 33.9 Å². The Kier molecular flexibility index (Phi) is 6.04. The molecule has 11 heteroatoms. The first-order valence-electron chi connectivity index (χ1n) is 11.0. The van der Waals surface area contributed by atoms with Gasteiger partial charge in [0.1, 0.15) is 17.3 Å². The van der Waals surface area contributed by atoms with Crippen molar-refractivity contribution >= 4 is 16.9 Å². The van der Waals surface area contributed by atoms with Gasteiger partial charge in [0.05, 0.1) is 30.0 Å². The molecule has 0 aliphatic carbocycles. The molecule has 3 N–H and O–H groups in total. The third-order valence-electron chi connectivity index (χ3n) is 5.70. The summed E-state index contributed by atoms with van der Waals surface area (Å²) in [6.45, 7) is 0. The van der Waals surface area contributed by atoms with Crippen LogP contribution < -0.4 is 10.1 Å². The third kappa shape index (κ3) is 4.70. The molecule has 2 aromatic carbocycles. The van der Waals surface area contributed by atoms with Crippen molar-refractivity contribution in [1.29, 1.82) is 0 Å². The van der Waals surface area contributed by atoms with E-state index in [-0.39, 0.29) is 11.3 Å². The van der Waals surface area contributed by atoms with E-state index in [0.717, 1.165) is 17.9 Å². The van der Waals surface area contributed by atoms with Crippen LogP contribution in [0, 0.1) is 0 Å². The summed E-state index contributed by atoms with van der Waals surface area (Å²) in [6, 6.07) is 12.9. The number of pyridine rings is 1. The van der Waals surface area contributed by atoms with Gasteiger partial charge in [-0.05, 0) is 60.2 Å². The third-order valence-corrected chi connectivity index (χ3v) is 5.70.